The normalized spacial score (nSPS) is 24.2. The fourth-order valence-corrected chi connectivity index (χ4v) is 9.04. The van der Waals surface area contributed by atoms with Gasteiger partial charge in [-0.15, -0.1) is 0 Å². The summed E-state index contributed by atoms with van der Waals surface area (Å²) in [6.07, 6.45) is 3.36. The van der Waals surface area contributed by atoms with Crippen LogP contribution >= 0.6 is 0 Å². The van der Waals surface area contributed by atoms with Crippen LogP contribution in [0.1, 0.15) is 6.92 Å². The minimum absolute atomic E-state index is 0.124. The number of hydrogen-bond donors (Lipinski definition) is 0. The predicted octanol–water partition coefficient (Wildman–Crippen LogP) is 0.637. The van der Waals surface area contributed by atoms with Crippen LogP contribution in [0.4, 0.5) is 5.95 Å². The van der Waals surface area contributed by atoms with Crippen LogP contribution in [0.25, 0.3) is 0 Å². The highest BCUT2D eigenvalue weighted by atomic mass is 32.2. The molecule has 3 heterocycles. The molecule has 0 saturated carbocycles. The molecular formula is C20H26N4O5S2. The highest BCUT2D eigenvalue weighted by molar-refractivity contribution is 7.96. The molecule has 0 radical (unpaired) electrons. The molecule has 0 aliphatic carbocycles. The van der Waals surface area contributed by atoms with Gasteiger partial charge in [0.25, 0.3) is 0 Å². The Labute approximate surface area is 182 Å². The minimum atomic E-state index is -3.82. The van der Waals surface area contributed by atoms with Gasteiger partial charge in [0.15, 0.2) is 19.7 Å². The number of ether oxygens (including phenoxy) is 1. The quantitative estimate of drug-likeness (QED) is 0.605. The maximum atomic E-state index is 13.4. The molecule has 0 spiro atoms. The second-order valence-electron chi connectivity index (χ2n) is 7.70. The lowest BCUT2D eigenvalue weighted by Gasteiger charge is -2.39. The maximum absolute atomic E-state index is 13.4. The molecule has 2 aromatic rings. The summed E-state index contributed by atoms with van der Waals surface area (Å²) in [5.41, 5.74) is 0. The van der Waals surface area contributed by atoms with E-state index in [1.165, 1.54) is 12.1 Å². The molecule has 2 saturated heterocycles. The Morgan fingerprint density at radius 1 is 1.03 bits per heavy atom. The van der Waals surface area contributed by atoms with E-state index in [1.807, 2.05) is 16.7 Å². The molecular weight excluding hydrogens is 440 g/mol. The SMILES string of the molecule is CCOc1ccc(S(=O)(=O)[C@H]2CS(=O)(=O)C[C@@H]2N2CCN(c3ncccn3)CC2)cc1. The number of sulfone groups is 2. The Kier molecular flexibility index (Phi) is 6.18. The fraction of sp³-hybridized carbons (Fsp3) is 0.500. The van der Waals surface area contributed by atoms with Gasteiger partial charge >= 0.3 is 0 Å². The summed E-state index contributed by atoms with van der Waals surface area (Å²) in [6, 6.07) is 7.38. The van der Waals surface area contributed by atoms with Gasteiger partial charge in [-0.2, -0.15) is 0 Å². The van der Waals surface area contributed by atoms with Crippen molar-refractivity contribution in [2.75, 3.05) is 49.2 Å². The number of piperazine rings is 1. The monoisotopic (exact) mass is 466 g/mol. The topological polar surface area (TPSA) is 110 Å². The van der Waals surface area contributed by atoms with Gasteiger partial charge in [-0.25, -0.2) is 26.8 Å². The summed E-state index contributed by atoms with van der Waals surface area (Å²) >= 11 is 0. The summed E-state index contributed by atoms with van der Waals surface area (Å²) in [7, 11) is -7.27. The van der Waals surface area contributed by atoms with E-state index in [4.69, 9.17) is 4.74 Å². The highest BCUT2D eigenvalue weighted by Gasteiger charge is 2.48. The van der Waals surface area contributed by atoms with Crippen molar-refractivity contribution in [3.63, 3.8) is 0 Å². The lowest BCUT2D eigenvalue weighted by Crippen LogP contribution is -2.55. The summed E-state index contributed by atoms with van der Waals surface area (Å²) in [5.74, 6) is 0.710. The van der Waals surface area contributed by atoms with Gasteiger partial charge in [0.2, 0.25) is 5.95 Å². The fourth-order valence-electron chi connectivity index (χ4n) is 4.21. The van der Waals surface area contributed by atoms with E-state index < -0.39 is 31.0 Å². The van der Waals surface area contributed by atoms with Crippen molar-refractivity contribution in [3.8, 4) is 5.75 Å². The van der Waals surface area contributed by atoms with Crippen LogP contribution in [0.5, 0.6) is 5.75 Å². The number of benzene rings is 1. The molecule has 0 N–H and O–H groups in total. The van der Waals surface area contributed by atoms with Crippen molar-refractivity contribution < 1.29 is 21.6 Å². The second-order valence-corrected chi connectivity index (χ2v) is 12.0. The molecule has 2 aliphatic heterocycles. The molecule has 9 nitrogen and oxygen atoms in total. The lowest BCUT2D eigenvalue weighted by atomic mass is 10.2. The first-order valence-corrected chi connectivity index (χ1v) is 13.6. The van der Waals surface area contributed by atoms with Crippen molar-refractivity contribution in [2.24, 2.45) is 0 Å². The van der Waals surface area contributed by atoms with Crippen LogP contribution in [0.15, 0.2) is 47.6 Å². The zero-order chi connectivity index (χ0) is 22.1. The molecule has 168 valence electrons. The number of rotatable bonds is 6. The van der Waals surface area contributed by atoms with Crippen LogP contribution in [0.2, 0.25) is 0 Å². The van der Waals surface area contributed by atoms with Crippen LogP contribution in [-0.4, -0.2) is 87.3 Å². The molecule has 0 amide bonds. The third kappa shape index (κ3) is 4.68. The highest BCUT2D eigenvalue weighted by Crippen LogP contribution is 2.30. The smallest absolute Gasteiger partial charge is 0.225 e. The maximum Gasteiger partial charge on any atom is 0.225 e. The van der Waals surface area contributed by atoms with E-state index in [9.17, 15) is 16.8 Å². The van der Waals surface area contributed by atoms with E-state index in [0.717, 1.165) is 0 Å². The van der Waals surface area contributed by atoms with Gasteiger partial charge in [-0.1, -0.05) is 0 Å². The van der Waals surface area contributed by atoms with Crippen LogP contribution in [0.3, 0.4) is 0 Å². The molecule has 1 aromatic heterocycles. The summed E-state index contributed by atoms with van der Waals surface area (Å²) in [5, 5.41) is -0.991. The molecule has 4 rings (SSSR count). The van der Waals surface area contributed by atoms with Crippen LogP contribution < -0.4 is 9.64 Å². The van der Waals surface area contributed by atoms with E-state index in [1.54, 1.807) is 30.6 Å². The van der Waals surface area contributed by atoms with Crippen molar-refractivity contribution in [3.05, 3.63) is 42.7 Å². The van der Waals surface area contributed by atoms with Gasteiger partial charge in [-0.05, 0) is 37.3 Å². The van der Waals surface area contributed by atoms with E-state index in [2.05, 4.69) is 9.97 Å². The number of aromatic nitrogens is 2. The summed E-state index contributed by atoms with van der Waals surface area (Å²) < 4.78 is 57.0. The van der Waals surface area contributed by atoms with Crippen molar-refractivity contribution in [2.45, 2.75) is 23.1 Å². The average Bonchev–Trinajstić information content (AvgIpc) is 3.11. The van der Waals surface area contributed by atoms with Gasteiger partial charge < -0.3 is 9.64 Å². The molecule has 11 heteroatoms. The average molecular weight is 467 g/mol. The molecule has 2 fully saturated rings. The molecule has 2 aliphatic rings. The molecule has 31 heavy (non-hydrogen) atoms. The van der Waals surface area contributed by atoms with Crippen molar-refractivity contribution in [1.29, 1.82) is 0 Å². The Balaban J connectivity index is 1.53. The Hall–Kier alpha value is -2.24. The van der Waals surface area contributed by atoms with Gasteiger partial charge in [0.1, 0.15) is 5.75 Å². The first kappa shape index (κ1) is 22.0. The molecule has 0 unspecified atom stereocenters. The minimum Gasteiger partial charge on any atom is -0.494 e. The van der Waals surface area contributed by atoms with Gasteiger partial charge in [0.05, 0.1) is 28.3 Å². The third-order valence-electron chi connectivity index (χ3n) is 5.75. The van der Waals surface area contributed by atoms with Crippen LogP contribution in [-0.2, 0) is 19.7 Å². The van der Waals surface area contributed by atoms with Gasteiger partial charge in [0, 0.05) is 44.6 Å². The largest absolute Gasteiger partial charge is 0.494 e. The standard InChI is InChI=1S/C20H26N4O5S2/c1-2-29-16-4-6-17(7-5-16)31(27,28)19-15-30(25,26)14-18(19)23-10-12-24(13-11-23)20-21-8-3-9-22-20/h3-9,18-19H,2,10-15H2,1H3/t18-,19-/m0/s1. The van der Waals surface area contributed by atoms with Crippen LogP contribution in [0, 0.1) is 0 Å². The Morgan fingerprint density at radius 3 is 2.29 bits per heavy atom. The number of hydrogen-bond acceptors (Lipinski definition) is 9. The number of anilines is 1. The zero-order valence-corrected chi connectivity index (χ0v) is 18.9. The predicted molar refractivity (Wildman–Crippen MR) is 117 cm³/mol. The van der Waals surface area contributed by atoms with Crippen molar-refractivity contribution >= 4 is 25.6 Å². The Morgan fingerprint density at radius 2 is 1.68 bits per heavy atom. The lowest BCUT2D eigenvalue weighted by molar-refractivity contribution is 0.201. The Bertz CT molecular complexity index is 1100. The first-order valence-electron chi connectivity index (χ1n) is 10.2. The summed E-state index contributed by atoms with van der Waals surface area (Å²) in [6.45, 7) is 4.64. The van der Waals surface area contributed by atoms with E-state index in [-0.39, 0.29) is 16.4 Å². The van der Waals surface area contributed by atoms with E-state index >= 15 is 0 Å². The molecule has 1 aromatic carbocycles. The molecule has 0 bridgehead atoms. The third-order valence-corrected chi connectivity index (χ3v) is 9.89. The first-order chi connectivity index (χ1) is 14.8. The van der Waals surface area contributed by atoms with Gasteiger partial charge in [-0.3, -0.25) is 4.90 Å². The molecule has 2 atom stereocenters. The summed E-state index contributed by atoms with van der Waals surface area (Å²) in [4.78, 5) is 12.6. The zero-order valence-electron chi connectivity index (χ0n) is 17.3. The van der Waals surface area contributed by atoms with E-state index in [0.29, 0.717) is 44.5 Å². The number of nitrogens with zero attached hydrogens (tertiary/aromatic N) is 4. The second kappa shape index (κ2) is 8.71. The van der Waals surface area contributed by atoms with Crippen molar-refractivity contribution in [1.82, 2.24) is 14.9 Å².